The minimum absolute atomic E-state index is 0.0401. The number of rotatable bonds is 10. The summed E-state index contributed by atoms with van der Waals surface area (Å²) in [6.07, 6.45) is 1.56. The first-order chi connectivity index (χ1) is 16.4. The van der Waals surface area contributed by atoms with Crippen LogP contribution in [0.1, 0.15) is 48.1 Å². The molecule has 0 spiro atoms. The Morgan fingerprint density at radius 1 is 0.853 bits per heavy atom. The fraction of sp³-hybridized carbons (Fsp3) is 0.333. The van der Waals surface area contributed by atoms with E-state index >= 15 is 0 Å². The van der Waals surface area contributed by atoms with Crippen LogP contribution in [0.25, 0.3) is 0 Å². The zero-order valence-electron chi connectivity index (χ0n) is 20.8. The lowest BCUT2D eigenvalue weighted by Gasteiger charge is -2.33. The van der Waals surface area contributed by atoms with Crippen molar-refractivity contribution in [2.45, 2.75) is 65.6 Å². The van der Waals surface area contributed by atoms with Gasteiger partial charge in [-0.3, -0.25) is 9.59 Å². The lowest BCUT2D eigenvalue weighted by Crippen LogP contribution is -2.52. The van der Waals surface area contributed by atoms with Crippen molar-refractivity contribution in [3.05, 3.63) is 107 Å². The summed E-state index contributed by atoms with van der Waals surface area (Å²) in [6.45, 7) is 8.51. The van der Waals surface area contributed by atoms with E-state index in [1.165, 1.54) is 0 Å². The number of nitrogens with zero attached hydrogens (tertiary/aromatic N) is 1. The molecule has 0 saturated heterocycles. The summed E-state index contributed by atoms with van der Waals surface area (Å²) in [5.74, 6) is -0.156. The Kier molecular flexibility index (Phi) is 9.03. The van der Waals surface area contributed by atoms with E-state index in [1.807, 2.05) is 107 Å². The second kappa shape index (κ2) is 12.2. The lowest BCUT2D eigenvalue weighted by atomic mass is 10.00. The van der Waals surface area contributed by atoms with Gasteiger partial charge in [0, 0.05) is 19.0 Å². The van der Waals surface area contributed by atoms with Gasteiger partial charge < -0.3 is 10.2 Å². The highest BCUT2D eigenvalue weighted by Crippen LogP contribution is 2.19. The molecule has 4 heteroatoms. The third-order valence-electron chi connectivity index (χ3n) is 6.35. The number of nitrogens with one attached hydrogen (secondary N) is 1. The minimum atomic E-state index is -0.603. The van der Waals surface area contributed by atoms with E-state index in [-0.39, 0.29) is 24.3 Å². The molecule has 0 aliphatic carbocycles. The number of amides is 2. The fourth-order valence-corrected chi connectivity index (χ4v) is 3.95. The molecule has 0 heterocycles. The van der Waals surface area contributed by atoms with Crippen molar-refractivity contribution in [1.82, 2.24) is 10.2 Å². The van der Waals surface area contributed by atoms with E-state index < -0.39 is 6.04 Å². The topological polar surface area (TPSA) is 49.4 Å². The lowest BCUT2D eigenvalue weighted by molar-refractivity contribution is -0.141. The van der Waals surface area contributed by atoms with Gasteiger partial charge in [0.15, 0.2) is 0 Å². The minimum Gasteiger partial charge on any atom is -0.352 e. The number of hydrogen-bond donors (Lipinski definition) is 1. The number of carbonyl (C=O) groups is 2. The molecule has 0 aliphatic rings. The number of benzene rings is 3. The molecular formula is C30H36N2O2. The second-order valence-corrected chi connectivity index (χ2v) is 9.13. The zero-order valence-corrected chi connectivity index (χ0v) is 20.8. The molecule has 2 atom stereocenters. The van der Waals surface area contributed by atoms with Crippen LogP contribution in [0.15, 0.2) is 78.9 Å². The zero-order chi connectivity index (χ0) is 24.5. The predicted octanol–water partition coefficient (Wildman–Crippen LogP) is 5.40. The Balaban J connectivity index is 1.97. The molecule has 2 amide bonds. The van der Waals surface area contributed by atoms with Gasteiger partial charge in [0.1, 0.15) is 6.04 Å². The normalized spacial score (nSPS) is 12.6. The summed E-state index contributed by atoms with van der Waals surface area (Å²) >= 11 is 0. The molecule has 3 aromatic rings. The third-order valence-corrected chi connectivity index (χ3v) is 6.35. The van der Waals surface area contributed by atoms with Gasteiger partial charge in [0.25, 0.3) is 0 Å². The van der Waals surface area contributed by atoms with Crippen LogP contribution in [0.3, 0.4) is 0 Å². The van der Waals surface area contributed by atoms with Crippen molar-refractivity contribution >= 4 is 11.8 Å². The molecule has 1 N–H and O–H groups in total. The number of carbonyl (C=O) groups excluding carboxylic acids is 2. The van der Waals surface area contributed by atoms with Crippen molar-refractivity contribution in [3.8, 4) is 0 Å². The molecule has 3 aromatic carbocycles. The van der Waals surface area contributed by atoms with Crippen LogP contribution in [0.4, 0.5) is 0 Å². The number of aryl methyl sites for hydroxylation is 2. The SMILES string of the molecule is CC[C@H](C)NC(=O)[C@@H](Cc1ccccc1)N(Cc1ccccc1C)C(=O)Cc1ccc(C)cc1. The summed E-state index contributed by atoms with van der Waals surface area (Å²) < 4.78 is 0. The van der Waals surface area contributed by atoms with E-state index in [2.05, 4.69) is 5.32 Å². The average molecular weight is 457 g/mol. The van der Waals surface area contributed by atoms with Gasteiger partial charge in [-0.15, -0.1) is 0 Å². The summed E-state index contributed by atoms with van der Waals surface area (Å²) in [7, 11) is 0. The first kappa shape index (κ1) is 25.2. The standard InChI is InChI=1S/C30H36N2O2/c1-5-24(4)31-30(34)28(19-25-12-7-6-8-13-25)32(21-27-14-10-9-11-23(27)3)29(33)20-26-17-15-22(2)16-18-26/h6-18,24,28H,5,19-21H2,1-4H3,(H,31,34)/t24-,28+/m0/s1. The Hall–Kier alpha value is -3.40. The molecule has 0 aliphatic heterocycles. The largest absolute Gasteiger partial charge is 0.352 e. The maximum absolute atomic E-state index is 13.8. The van der Waals surface area contributed by atoms with Crippen LogP contribution in [-0.4, -0.2) is 28.8 Å². The van der Waals surface area contributed by atoms with Crippen LogP contribution in [0, 0.1) is 13.8 Å². The average Bonchev–Trinajstić information content (AvgIpc) is 2.84. The van der Waals surface area contributed by atoms with Crippen molar-refractivity contribution in [2.24, 2.45) is 0 Å². The molecule has 4 nitrogen and oxygen atoms in total. The first-order valence-corrected chi connectivity index (χ1v) is 12.1. The molecule has 3 rings (SSSR count). The maximum atomic E-state index is 13.8. The van der Waals surface area contributed by atoms with E-state index in [0.29, 0.717) is 13.0 Å². The summed E-state index contributed by atoms with van der Waals surface area (Å²) in [4.78, 5) is 29.1. The van der Waals surface area contributed by atoms with Gasteiger partial charge in [0.05, 0.1) is 6.42 Å². The quantitative estimate of drug-likeness (QED) is 0.444. The van der Waals surface area contributed by atoms with Gasteiger partial charge in [-0.2, -0.15) is 0 Å². The van der Waals surface area contributed by atoms with Gasteiger partial charge in [-0.25, -0.2) is 0 Å². The maximum Gasteiger partial charge on any atom is 0.243 e. The van der Waals surface area contributed by atoms with Crippen LogP contribution in [0.5, 0.6) is 0 Å². The molecule has 178 valence electrons. The number of hydrogen-bond acceptors (Lipinski definition) is 2. The van der Waals surface area contributed by atoms with E-state index in [0.717, 1.165) is 34.2 Å². The molecule has 0 unspecified atom stereocenters. The summed E-state index contributed by atoms with van der Waals surface area (Å²) in [6, 6.07) is 25.4. The fourth-order valence-electron chi connectivity index (χ4n) is 3.95. The molecular weight excluding hydrogens is 420 g/mol. The molecule has 0 bridgehead atoms. The predicted molar refractivity (Wildman–Crippen MR) is 138 cm³/mol. The van der Waals surface area contributed by atoms with Gasteiger partial charge in [-0.05, 0) is 49.4 Å². The van der Waals surface area contributed by atoms with Gasteiger partial charge >= 0.3 is 0 Å². The third kappa shape index (κ3) is 7.05. The highest BCUT2D eigenvalue weighted by atomic mass is 16.2. The van der Waals surface area contributed by atoms with Gasteiger partial charge in [0.2, 0.25) is 11.8 Å². The molecule has 34 heavy (non-hydrogen) atoms. The van der Waals surface area contributed by atoms with E-state index in [4.69, 9.17) is 0 Å². The van der Waals surface area contributed by atoms with Crippen LogP contribution in [-0.2, 0) is 29.0 Å². The first-order valence-electron chi connectivity index (χ1n) is 12.1. The summed E-state index contributed by atoms with van der Waals surface area (Å²) in [5, 5.41) is 3.12. The highest BCUT2D eigenvalue weighted by molar-refractivity contribution is 5.89. The Morgan fingerprint density at radius 3 is 2.15 bits per heavy atom. The Labute approximate surface area is 204 Å². The monoisotopic (exact) mass is 456 g/mol. The molecule has 0 radical (unpaired) electrons. The second-order valence-electron chi connectivity index (χ2n) is 9.13. The van der Waals surface area contributed by atoms with Gasteiger partial charge in [-0.1, -0.05) is 91.3 Å². The smallest absolute Gasteiger partial charge is 0.243 e. The van der Waals surface area contributed by atoms with Crippen molar-refractivity contribution in [2.75, 3.05) is 0 Å². The molecule has 0 saturated carbocycles. The summed E-state index contributed by atoms with van der Waals surface area (Å²) in [5.41, 5.74) is 5.30. The molecule has 0 aromatic heterocycles. The highest BCUT2D eigenvalue weighted by Gasteiger charge is 2.31. The van der Waals surface area contributed by atoms with Crippen LogP contribution >= 0.6 is 0 Å². The molecule has 0 fully saturated rings. The van der Waals surface area contributed by atoms with Crippen molar-refractivity contribution in [3.63, 3.8) is 0 Å². The Morgan fingerprint density at radius 2 is 1.50 bits per heavy atom. The van der Waals surface area contributed by atoms with E-state index in [9.17, 15) is 9.59 Å². The van der Waals surface area contributed by atoms with Crippen LogP contribution < -0.4 is 5.32 Å². The van der Waals surface area contributed by atoms with Crippen LogP contribution in [0.2, 0.25) is 0 Å². The van der Waals surface area contributed by atoms with E-state index in [1.54, 1.807) is 4.90 Å². The van der Waals surface area contributed by atoms with Crippen molar-refractivity contribution in [1.29, 1.82) is 0 Å². The Bertz CT molecular complexity index is 1080. The van der Waals surface area contributed by atoms with Crippen molar-refractivity contribution < 1.29 is 9.59 Å².